The number of hydrogen-bond acceptors (Lipinski definition) is 3. The maximum atomic E-state index is 12.0. The Kier molecular flexibility index (Phi) is 5.33. The van der Waals surface area contributed by atoms with E-state index in [0.717, 1.165) is 37.2 Å². The molecule has 0 aromatic heterocycles. The molecule has 0 spiro atoms. The van der Waals surface area contributed by atoms with Crippen molar-refractivity contribution in [1.82, 2.24) is 4.90 Å². The lowest BCUT2D eigenvalue weighted by Crippen LogP contribution is -2.49. The van der Waals surface area contributed by atoms with Gasteiger partial charge in [0, 0.05) is 19.0 Å². The molecule has 0 radical (unpaired) electrons. The molecule has 0 amide bonds. The first kappa shape index (κ1) is 20.3. The Labute approximate surface area is 185 Å². The van der Waals surface area contributed by atoms with Crippen LogP contribution < -0.4 is 4.74 Å². The van der Waals surface area contributed by atoms with Gasteiger partial charge in [-0.05, 0) is 66.1 Å². The summed E-state index contributed by atoms with van der Waals surface area (Å²) in [6, 6.07) is 27.5. The second-order valence-corrected chi connectivity index (χ2v) is 9.32. The van der Waals surface area contributed by atoms with Gasteiger partial charge < -0.3 is 14.7 Å². The Morgan fingerprint density at radius 1 is 0.935 bits per heavy atom. The van der Waals surface area contributed by atoms with Crippen LogP contribution in [0.3, 0.4) is 0 Å². The molecule has 1 saturated carbocycles. The standard InChI is InChI=1S/C28H31NO2/c1-29(18-20-8-4-3-5-9-20)19-21-16-27-25-11-7-6-10-24(25)26(21)17-28(27,30)22-12-14-23(31-2)15-13-22/h3-15,21,26-27,30H,16-19H2,1-2H3/t21-,26-,27+,28-/m1/s1. The van der Waals surface area contributed by atoms with Crippen LogP contribution in [0, 0.1) is 5.92 Å². The third-order valence-electron chi connectivity index (χ3n) is 7.42. The van der Waals surface area contributed by atoms with Crippen molar-refractivity contribution in [2.24, 2.45) is 5.92 Å². The monoisotopic (exact) mass is 413 g/mol. The van der Waals surface area contributed by atoms with Crippen LogP contribution in [0.1, 0.15) is 46.9 Å². The number of methoxy groups -OCH3 is 1. The van der Waals surface area contributed by atoms with E-state index in [2.05, 4.69) is 66.5 Å². The van der Waals surface area contributed by atoms with Gasteiger partial charge in [-0.2, -0.15) is 0 Å². The summed E-state index contributed by atoms with van der Waals surface area (Å²) in [6.45, 7) is 2.00. The topological polar surface area (TPSA) is 32.7 Å². The summed E-state index contributed by atoms with van der Waals surface area (Å²) in [6.07, 6.45) is 1.80. The fourth-order valence-electron chi connectivity index (χ4n) is 5.98. The second kappa shape index (κ2) is 8.14. The smallest absolute Gasteiger partial charge is 0.118 e. The lowest BCUT2D eigenvalue weighted by molar-refractivity contribution is -0.0600. The Bertz CT molecular complexity index is 1030. The SMILES string of the molecule is COc1ccc([C@]2(O)C[C@H]3c4ccccc4[C@@H]2C[C@@H]3CN(C)Cc2ccccc2)cc1. The molecule has 0 aliphatic heterocycles. The summed E-state index contributed by atoms with van der Waals surface area (Å²) in [4.78, 5) is 2.44. The van der Waals surface area contributed by atoms with Crippen LogP contribution in [0.5, 0.6) is 5.75 Å². The number of fused-ring (bicyclic) bond motifs is 2. The van der Waals surface area contributed by atoms with E-state index in [1.807, 2.05) is 24.3 Å². The Hall–Kier alpha value is -2.62. The highest BCUT2D eigenvalue weighted by molar-refractivity contribution is 5.46. The van der Waals surface area contributed by atoms with E-state index >= 15 is 0 Å². The molecule has 0 unspecified atom stereocenters. The van der Waals surface area contributed by atoms with E-state index in [4.69, 9.17) is 4.74 Å². The van der Waals surface area contributed by atoms with Gasteiger partial charge in [0.25, 0.3) is 0 Å². The van der Waals surface area contributed by atoms with Crippen molar-refractivity contribution >= 4 is 0 Å². The number of aliphatic hydroxyl groups is 1. The van der Waals surface area contributed by atoms with Gasteiger partial charge in [0.05, 0.1) is 12.7 Å². The molecule has 3 nitrogen and oxygen atoms in total. The van der Waals surface area contributed by atoms with Crippen LogP contribution >= 0.6 is 0 Å². The van der Waals surface area contributed by atoms with E-state index in [0.29, 0.717) is 11.8 Å². The molecule has 6 rings (SSSR count). The molecular formula is C28H31NO2. The molecule has 3 aromatic rings. The van der Waals surface area contributed by atoms with Crippen molar-refractivity contribution in [3.05, 3.63) is 101 Å². The molecule has 2 bridgehead atoms. The Morgan fingerprint density at radius 3 is 2.32 bits per heavy atom. The maximum absolute atomic E-state index is 12.0. The zero-order valence-corrected chi connectivity index (χ0v) is 18.4. The van der Waals surface area contributed by atoms with Crippen molar-refractivity contribution in [3.63, 3.8) is 0 Å². The van der Waals surface area contributed by atoms with E-state index in [1.165, 1.54) is 16.7 Å². The minimum absolute atomic E-state index is 0.122. The predicted molar refractivity (Wildman–Crippen MR) is 124 cm³/mol. The number of hydrogen-bond donors (Lipinski definition) is 1. The van der Waals surface area contributed by atoms with Crippen LogP contribution in [0.15, 0.2) is 78.9 Å². The van der Waals surface area contributed by atoms with E-state index in [1.54, 1.807) is 7.11 Å². The van der Waals surface area contributed by atoms with E-state index in [9.17, 15) is 5.11 Å². The first-order valence-electron chi connectivity index (χ1n) is 11.3. The zero-order valence-electron chi connectivity index (χ0n) is 18.4. The van der Waals surface area contributed by atoms with Gasteiger partial charge in [0.2, 0.25) is 0 Å². The van der Waals surface area contributed by atoms with Crippen LogP contribution in [0.4, 0.5) is 0 Å². The molecule has 0 saturated heterocycles. The minimum Gasteiger partial charge on any atom is -0.497 e. The fraction of sp³-hybridized carbons (Fsp3) is 0.357. The van der Waals surface area contributed by atoms with Gasteiger partial charge in [-0.25, -0.2) is 0 Å². The first-order chi connectivity index (χ1) is 15.1. The maximum Gasteiger partial charge on any atom is 0.118 e. The van der Waals surface area contributed by atoms with Crippen molar-refractivity contribution in [2.45, 2.75) is 36.8 Å². The number of benzene rings is 3. The lowest BCUT2D eigenvalue weighted by atomic mass is 9.54. The summed E-state index contributed by atoms with van der Waals surface area (Å²) in [5, 5.41) is 12.0. The third kappa shape index (κ3) is 3.66. The molecule has 1 N–H and O–H groups in total. The zero-order chi connectivity index (χ0) is 21.4. The average molecular weight is 414 g/mol. The average Bonchev–Trinajstić information content (AvgIpc) is 2.81. The second-order valence-electron chi connectivity index (χ2n) is 9.32. The lowest BCUT2D eigenvalue weighted by Gasteiger charge is -2.54. The summed E-state index contributed by atoms with van der Waals surface area (Å²) in [5.74, 6) is 1.87. The minimum atomic E-state index is -0.820. The highest BCUT2D eigenvalue weighted by atomic mass is 16.5. The molecule has 0 heterocycles. The molecule has 1 fully saturated rings. The number of ether oxygens (including phenoxy) is 1. The Morgan fingerprint density at radius 2 is 1.61 bits per heavy atom. The predicted octanol–water partition coefficient (Wildman–Crippen LogP) is 5.31. The highest BCUT2D eigenvalue weighted by Crippen LogP contribution is 2.60. The van der Waals surface area contributed by atoms with Crippen LogP contribution in [0.2, 0.25) is 0 Å². The molecular weight excluding hydrogens is 382 g/mol. The third-order valence-corrected chi connectivity index (χ3v) is 7.42. The first-order valence-corrected chi connectivity index (χ1v) is 11.3. The number of nitrogens with zero attached hydrogens (tertiary/aromatic N) is 1. The van der Waals surface area contributed by atoms with Crippen LogP contribution in [-0.2, 0) is 12.1 Å². The van der Waals surface area contributed by atoms with Crippen LogP contribution in [0.25, 0.3) is 0 Å². The summed E-state index contributed by atoms with van der Waals surface area (Å²) >= 11 is 0. The van der Waals surface area contributed by atoms with Gasteiger partial charge in [-0.3, -0.25) is 0 Å². The van der Waals surface area contributed by atoms with Gasteiger partial charge >= 0.3 is 0 Å². The molecule has 3 aliphatic rings. The normalized spacial score (nSPS) is 26.6. The molecule has 3 aromatic carbocycles. The summed E-state index contributed by atoms with van der Waals surface area (Å²) in [7, 11) is 3.90. The molecule has 4 atom stereocenters. The van der Waals surface area contributed by atoms with Gasteiger partial charge in [0.1, 0.15) is 5.75 Å². The molecule has 3 heteroatoms. The van der Waals surface area contributed by atoms with Gasteiger partial charge in [-0.15, -0.1) is 0 Å². The van der Waals surface area contributed by atoms with Gasteiger partial charge in [0.15, 0.2) is 0 Å². The molecule has 160 valence electrons. The fourth-order valence-corrected chi connectivity index (χ4v) is 5.98. The highest BCUT2D eigenvalue weighted by Gasteiger charge is 2.53. The van der Waals surface area contributed by atoms with Gasteiger partial charge in [-0.1, -0.05) is 66.7 Å². The quantitative estimate of drug-likeness (QED) is 0.595. The van der Waals surface area contributed by atoms with Crippen molar-refractivity contribution in [1.29, 1.82) is 0 Å². The van der Waals surface area contributed by atoms with Crippen molar-refractivity contribution < 1.29 is 9.84 Å². The van der Waals surface area contributed by atoms with Crippen LogP contribution in [-0.4, -0.2) is 30.7 Å². The Balaban J connectivity index is 1.42. The van der Waals surface area contributed by atoms with Crippen molar-refractivity contribution in [2.75, 3.05) is 20.7 Å². The summed E-state index contributed by atoms with van der Waals surface area (Å²) < 4.78 is 5.33. The van der Waals surface area contributed by atoms with Crippen molar-refractivity contribution in [3.8, 4) is 5.75 Å². The largest absolute Gasteiger partial charge is 0.497 e. The summed E-state index contributed by atoms with van der Waals surface area (Å²) in [5.41, 5.74) is 4.31. The molecule has 31 heavy (non-hydrogen) atoms. The van der Waals surface area contributed by atoms with E-state index in [-0.39, 0.29) is 5.92 Å². The number of rotatable bonds is 6. The van der Waals surface area contributed by atoms with E-state index < -0.39 is 5.60 Å². The molecule has 3 aliphatic carbocycles.